The van der Waals surface area contributed by atoms with Crippen molar-refractivity contribution >= 4 is 21.9 Å². The summed E-state index contributed by atoms with van der Waals surface area (Å²) in [4.78, 5) is 10.5. The van der Waals surface area contributed by atoms with Gasteiger partial charge in [-0.05, 0) is 50.1 Å². The van der Waals surface area contributed by atoms with E-state index in [0.717, 1.165) is 70.7 Å². The van der Waals surface area contributed by atoms with Crippen molar-refractivity contribution in [2.75, 3.05) is 33.9 Å². The summed E-state index contributed by atoms with van der Waals surface area (Å²) in [5, 5.41) is 11.7. The van der Waals surface area contributed by atoms with Crippen LogP contribution in [0.4, 0.5) is 0 Å². The lowest BCUT2D eigenvalue weighted by molar-refractivity contribution is 0.116. The monoisotopic (exact) mass is 448 g/mol. The Hall–Kier alpha value is -3.03. The van der Waals surface area contributed by atoms with Gasteiger partial charge in [0.2, 0.25) is 0 Å². The lowest BCUT2D eigenvalue weighted by atomic mass is 10.00. The summed E-state index contributed by atoms with van der Waals surface area (Å²) in [7, 11) is 3.35. The molecule has 0 bridgehead atoms. The van der Waals surface area contributed by atoms with E-state index in [4.69, 9.17) is 9.47 Å². The summed E-state index contributed by atoms with van der Waals surface area (Å²) >= 11 is 0. The van der Waals surface area contributed by atoms with Crippen LogP contribution in [0.15, 0.2) is 42.7 Å². The van der Waals surface area contributed by atoms with Gasteiger partial charge in [0.25, 0.3) is 0 Å². The van der Waals surface area contributed by atoms with Crippen LogP contribution in [0, 0.1) is 0 Å². The van der Waals surface area contributed by atoms with Gasteiger partial charge >= 0.3 is 0 Å². The molecule has 1 unspecified atom stereocenters. The fourth-order valence-corrected chi connectivity index (χ4v) is 5.19. The number of likely N-dealkylation sites (tertiary alicyclic amines) is 1. The maximum absolute atomic E-state index is 9.49. The van der Waals surface area contributed by atoms with Crippen molar-refractivity contribution in [2.24, 2.45) is 0 Å². The zero-order chi connectivity index (χ0) is 22.8. The molecule has 0 radical (unpaired) electrons. The second-order valence-corrected chi connectivity index (χ2v) is 8.78. The highest BCUT2D eigenvalue weighted by molar-refractivity contribution is 5.99. The van der Waals surface area contributed by atoms with E-state index >= 15 is 0 Å². The highest BCUT2D eigenvalue weighted by atomic mass is 16.5. The summed E-state index contributed by atoms with van der Waals surface area (Å²) in [6.07, 6.45) is 8.53. The van der Waals surface area contributed by atoms with Crippen molar-refractivity contribution in [3.63, 3.8) is 0 Å². The topological polar surface area (TPSA) is 75.5 Å². The van der Waals surface area contributed by atoms with Crippen LogP contribution in [-0.2, 0) is 6.54 Å². The number of aromatic nitrogens is 3. The first-order valence-electron chi connectivity index (χ1n) is 11.8. The van der Waals surface area contributed by atoms with Crippen molar-refractivity contribution in [3.8, 4) is 22.8 Å². The standard InChI is InChI=1S/C26H32N4O3/c1-32-24-15-20-21(22-14-18-6-5-9-27-26(18)28-22)17-30(23(20)16-25(24)33-2)12-11-29-10-4-3-7-19(29)8-13-31/h5-6,9,14-17,19,31H,3-4,7-8,10-13H2,1-2H3,(H,27,28). The molecule has 7 nitrogen and oxygen atoms in total. The first kappa shape index (κ1) is 21.8. The Balaban J connectivity index is 1.54. The molecule has 1 fully saturated rings. The molecule has 5 rings (SSSR count). The molecule has 1 aromatic carbocycles. The molecule has 1 aliphatic heterocycles. The number of rotatable bonds is 8. The molecule has 4 aromatic rings. The van der Waals surface area contributed by atoms with Crippen LogP contribution in [0.25, 0.3) is 33.2 Å². The molecular weight excluding hydrogens is 416 g/mol. The first-order chi connectivity index (χ1) is 16.2. The van der Waals surface area contributed by atoms with Crippen LogP contribution in [0.3, 0.4) is 0 Å². The number of pyridine rings is 1. The summed E-state index contributed by atoms with van der Waals surface area (Å²) in [5.74, 6) is 1.45. The molecule has 33 heavy (non-hydrogen) atoms. The lowest BCUT2D eigenvalue weighted by Crippen LogP contribution is -2.41. The fraction of sp³-hybridized carbons (Fsp3) is 0.423. The number of fused-ring (bicyclic) bond motifs is 2. The number of benzene rings is 1. The molecule has 0 aliphatic carbocycles. The van der Waals surface area contributed by atoms with Crippen molar-refractivity contribution in [1.29, 1.82) is 0 Å². The van der Waals surface area contributed by atoms with Crippen molar-refractivity contribution in [3.05, 3.63) is 42.7 Å². The fourth-order valence-electron chi connectivity index (χ4n) is 5.19. The van der Waals surface area contributed by atoms with Crippen molar-refractivity contribution in [2.45, 2.75) is 38.3 Å². The Labute approximate surface area is 193 Å². The highest BCUT2D eigenvalue weighted by Crippen LogP contribution is 2.39. The largest absolute Gasteiger partial charge is 0.493 e. The Bertz CT molecular complexity index is 1210. The third kappa shape index (κ3) is 4.18. The van der Waals surface area contributed by atoms with Gasteiger partial charge in [-0.25, -0.2) is 4.98 Å². The van der Waals surface area contributed by atoms with Crippen molar-refractivity contribution in [1.82, 2.24) is 19.4 Å². The number of aliphatic hydroxyl groups is 1. The number of H-pyrrole nitrogens is 1. The Morgan fingerprint density at radius 2 is 1.97 bits per heavy atom. The van der Waals surface area contributed by atoms with Crippen LogP contribution in [0.1, 0.15) is 25.7 Å². The lowest BCUT2D eigenvalue weighted by Gasteiger charge is -2.35. The van der Waals surface area contributed by atoms with Gasteiger partial charge in [0.1, 0.15) is 5.65 Å². The molecule has 1 atom stereocenters. The normalized spacial score (nSPS) is 17.1. The number of aliphatic hydroxyl groups excluding tert-OH is 1. The van der Waals surface area contributed by atoms with E-state index in [1.807, 2.05) is 6.07 Å². The number of nitrogens with one attached hydrogen (secondary N) is 1. The molecule has 0 saturated carbocycles. The van der Waals surface area contributed by atoms with Gasteiger partial charge in [-0.2, -0.15) is 0 Å². The van der Waals surface area contributed by atoms with E-state index in [1.54, 1.807) is 20.4 Å². The minimum atomic E-state index is 0.253. The van der Waals surface area contributed by atoms with Crippen LogP contribution in [0.2, 0.25) is 0 Å². The third-order valence-electron chi connectivity index (χ3n) is 6.91. The van der Waals surface area contributed by atoms with Gasteiger partial charge in [-0.3, -0.25) is 4.90 Å². The Morgan fingerprint density at radius 3 is 2.76 bits per heavy atom. The van der Waals surface area contributed by atoms with Crippen LogP contribution in [0.5, 0.6) is 11.5 Å². The van der Waals surface area contributed by atoms with Gasteiger partial charge < -0.3 is 24.1 Å². The number of piperidine rings is 1. The zero-order valence-corrected chi connectivity index (χ0v) is 19.4. The maximum atomic E-state index is 9.49. The van der Waals surface area contributed by atoms with E-state index in [-0.39, 0.29) is 6.61 Å². The highest BCUT2D eigenvalue weighted by Gasteiger charge is 2.22. The summed E-state index contributed by atoms with van der Waals surface area (Å²) in [6, 6.07) is 10.8. The predicted octanol–water partition coefficient (Wildman–Crippen LogP) is 4.44. The third-order valence-corrected chi connectivity index (χ3v) is 6.91. The Kier molecular flexibility index (Phi) is 6.24. The second-order valence-electron chi connectivity index (χ2n) is 8.78. The number of ether oxygens (including phenoxy) is 2. The molecule has 174 valence electrons. The molecular formula is C26H32N4O3. The number of aromatic amines is 1. The molecule has 7 heteroatoms. The predicted molar refractivity (Wildman–Crippen MR) is 131 cm³/mol. The van der Waals surface area contributed by atoms with Crippen LogP contribution in [-0.4, -0.2) is 64.5 Å². The first-order valence-corrected chi connectivity index (χ1v) is 11.8. The van der Waals surface area contributed by atoms with Crippen molar-refractivity contribution < 1.29 is 14.6 Å². The molecule has 2 N–H and O–H groups in total. The number of hydrogen-bond donors (Lipinski definition) is 2. The number of nitrogens with zero attached hydrogens (tertiary/aromatic N) is 3. The summed E-state index contributed by atoms with van der Waals surface area (Å²) in [5.41, 5.74) is 4.16. The average molecular weight is 449 g/mol. The summed E-state index contributed by atoms with van der Waals surface area (Å²) in [6.45, 7) is 3.17. The van der Waals surface area contributed by atoms with Gasteiger partial charge in [0, 0.05) is 66.2 Å². The zero-order valence-electron chi connectivity index (χ0n) is 19.4. The van der Waals surface area contributed by atoms with E-state index in [0.29, 0.717) is 6.04 Å². The SMILES string of the molecule is COc1cc2c(-c3cc4cccnc4[nH]3)cn(CCN3CCCCC3CCO)c2cc1OC. The van der Waals surface area contributed by atoms with Crippen LogP contribution >= 0.6 is 0 Å². The van der Waals surface area contributed by atoms with E-state index in [1.165, 1.54) is 19.3 Å². The minimum absolute atomic E-state index is 0.253. The number of hydrogen-bond acceptors (Lipinski definition) is 5. The van der Waals surface area contributed by atoms with Gasteiger partial charge in [0.15, 0.2) is 11.5 Å². The minimum Gasteiger partial charge on any atom is -0.493 e. The van der Waals surface area contributed by atoms with Crippen LogP contribution < -0.4 is 9.47 Å². The molecule has 0 amide bonds. The molecule has 1 aliphatic rings. The Morgan fingerprint density at radius 1 is 1.12 bits per heavy atom. The van der Waals surface area contributed by atoms with E-state index in [2.05, 4.69) is 49.9 Å². The molecule has 0 spiro atoms. The van der Waals surface area contributed by atoms with Gasteiger partial charge in [-0.1, -0.05) is 6.42 Å². The van der Waals surface area contributed by atoms with Gasteiger partial charge in [-0.15, -0.1) is 0 Å². The second kappa shape index (κ2) is 9.45. The maximum Gasteiger partial charge on any atom is 0.162 e. The quantitative estimate of drug-likeness (QED) is 0.417. The number of methoxy groups -OCH3 is 2. The average Bonchev–Trinajstić information content (AvgIpc) is 3.43. The molecule has 4 heterocycles. The summed E-state index contributed by atoms with van der Waals surface area (Å²) < 4.78 is 13.5. The van der Waals surface area contributed by atoms with E-state index in [9.17, 15) is 5.11 Å². The smallest absolute Gasteiger partial charge is 0.162 e. The van der Waals surface area contributed by atoms with Gasteiger partial charge in [0.05, 0.1) is 19.7 Å². The molecule has 1 saturated heterocycles. The molecule has 3 aromatic heterocycles. The van der Waals surface area contributed by atoms with E-state index < -0.39 is 0 Å².